The zero-order valence-corrected chi connectivity index (χ0v) is 13.6. The van der Waals surface area contributed by atoms with Crippen LogP contribution in [-0.2, 0) is 21.3 Å². The molecular weight excluding hydrogens is 292 g/mol. The number of nitrogens with one attached hydrogen (secondary N) is 1. The van der Waals surface area contributed by atoms with E-state index in [1.54, 1.807) is 13.1 Å². The highest BCUT2D eigenvalue weighted by Gasteiger charge is 2.32. The van der Waals surface area contributed by atoms with E-state index >= 15 is 0 Å². The molecule has 1 aliphatic heterocycles. The molecule has 0 amide bonds. The van der Waals surface area contributed by atoms with E-state index in [0.29, 0.717) is 31.4 Å². The molecule has 6 nitrogen and oxygen atoms in total. The quantitative estimate of drug-likeness (QED) is 0.824. The molecule has 1 atom stereocenters. The number of hydrogen-bond acceptors (Lipinski definition) is 5. The summed E-state index contributed by atoms with van der Waals surface area (Å²) in [6.45, 7) is 6.67. The van der Waals surface area contributed by atoms with Gasteiger partial charge in [0.15, 0.2) is 0 Å². The Morgan fingerprint density at radius 3 is 2.81 bits per heavy atom. The van der Waals surface area contributed by atoms with Crippen LogP contribution in [0.3, 0.4) is 0 Å². The molecule has 120 valence electrons. The molecule has 1 N–H and O–H groups in total. The number of furan rings is 1. The minimum absolute atomic E-state index is 0.00162. The first kappa shape index (κ1) is 16.5. The number of likely N-dealkylation sites (N-methyl/N-ethyl adjacent to an activating group) is 1. The van der Waals surface area contributed by atoms with Crippen molar-refractivity contribution in [3.63, 3.8) is 0 Å². The Hall–Kier alpha value is -0.890. The van der Waals surface area contributed by atoms with Crippen molar-refractivity contribution in [2.45, 2.75) is 37.9 Å². The van der Waals surface area contributed by atoms with Crippen molar-refractivity contribution in [3.05, 3.63) is 17.9 Å². The van der Waals surface area contributed by atoms with Crippen molar-refractivity contribution in [3.8, 4) is 0 Å². The highest BCUT2D eigenvalue weighted by Crippen LogP contribution is 2.22. The molecule has 1 aromatic heterocycles. The molecule has 0 aliphatic carbocycles. The maximum atomic E-state index is 12.5. The van der Waals surface area contributed by atoms with Gasteiger partial charge in [-0.3, -0.25) is 0 Å². The standard InChI is InChI=1S/C14H24N2O4S/c1-11(2)8-15-9-13-4-5-14(20-13)21(17,18)16(3)12-6-7-19-10-12/h4-5,11-12,15H,6-10H2,1-3H3. The molecule has 0 aromatic carbocycles. The van der Waals surface area contributed by atoms with Gasteiger partial charge in [0.25, 0.3) is 10.0 Å². The maximum Gasteiger partial charge on any atom is 0.276 e. The van der Waals surface area contributed by atoms with Gasteiger partial charge in [0.1, 0.15) is 5.76 Å². The van der Waals surface area contributed by atoms with E-state index < -0.39 is 10.0 Å². The average molecular weight is 316 g/mol. The van der Waals surface area contributed by atoms with Crippen molar-refractivity contribution in [1.29, 1.82) is 0 Å². The number of sulfonamides is 1. The lowest BCUT2D eigenvalue weighted by Crippen LogP contribution is -2.37. The van der Waals surface area contributed by atoms with Crippen LogP contribution in [0.15, 0.2) is 21.6 Å². The van der Waals surface area contributed by atoms with Crippen LogP contribution < -0.4 is 5.32 Å². The summed E-state index contributed by atoms with van der Waals surface area (Å²) in [5.74, 6) is 1.17. The van der Waals surface area contributed by atoms with Gasteiger partial charge in [-0.2, -0.15) is 4.31 Å². The summed E-state index contributed by atoms with van der Waals surface area (Å²) >= 11 is 0. The molecule has 21 heavy (non-hydrogen) atoms. The largest absolute Gasteiger partial charge is 0.447 e. The molecule has 2 rings (SSSR count). The van der Waals surface area contributed by atoms with Crippen LogP contribution in [0, 0.1) is 5.92 Å². The van der Waals surface area contributed by atoms with Crippen molar-refractivity contribution < 1.29 is 17.6 Å². The van der Waals surface area contributed by atoms with Crippen molar-refractivity contribution in [2.75, 3.05) is 26.8 Å². The van der Waals surface area contributed by atoms with Gasteiger partial charge in [-0.05, 0) is 31.0 Å². The molecule has 1 aliphatic rings. The fraction of sp³-hybridized carbons (Fsp3) is 0.714. The molecule has 0 saturated carbocycles. The van der Waals surface area contributed by atoms with E-state index in [0.717, 1.165) is 13.0 Å². The fourth-order valence-electron chi connectivity index (χ4n) is 2.22. The molecule has 1 aromatic rings. The molecule has 7 heteroatoms. The number of rotatable bonds is 7. The Bertz CT molecular complexity index is 547. The first-order valence-corrected chi connectivity index (χ1v) is 8.70. The van der Waals surface area contributed by atoms with Crippen LogP contribution >= 0.6 is 0 Å². The Morgan fingerprint density at radius 1 is 1.43 bits per heavy atom. The third-order valence-corrected chi connectivity index (χ3v) is 5.33. The van der Waals surface area contributed by atoms with Crippen molar-refractivity contribution >= 4 is 10.0 Å². The summed E-state index contributed by atoms with van der Waals surface area (Å²) in [6.07, 6.45) is 0.721. The van der Waals surface area contributed by atoms with E-state index in [-0.39, 0.29) is 11.1 Å². The Labute approximate surface area is 126 Å². The lowest BCUT2D eigenvalue weighted by molar-refractivity contribution is 0.180. The predicted molar refractivity (Wildman–Crippen MR) is 79.4 cm³/mol. The molecule has 2 heterocycles. The average Bonchev–Trinajstić information content (AvgIpc) is 3.08. The van der Waals surface area contributed by atoms with Crippen LogP contribution in [0.5, 0.6) is 0 Å². The van der Waals surface area contributed by atoms with Crippen LogP contribution in [0.2, 0.25) is 0 Å². The zero-order chi connectivity index (χ0) is 15.5. The zero-order valence-electron chi connectivity index (χ0n) is 12.8. The highest BCUT2D eigenvalue weighted by atomic mass is 32.2. The minimum Gasteiger partial charge on any atom is -0.447 e. The second kappa shape index (κ2) is 6.91. The van der Waals surface area contributed by atoms with E-state index in [1.807, 2.05) is 0 Å². The summed E-state index contributed by atoms with van der Waals surface area (Å²) in [4.78, 5) is 0. The number of hydrogen-bond donors (Lipinski definition) is 1. The van der Waals surface area contributed by atoms with Crippen LogP contribution in [0.25, 0.3) is 0 Å². The van der Waals surface area contributed by atoms with Gasteiger partial charge in [-0.25, -0.2) is 8.42 Å². The molecule has 1 saturated heterocycles. The highest BCUT2D eigenvalue weighted by molar-refractivity contribution is 7.89. The normalized spacial score (nSPS) is 19.8. The molecule has 1 fully saturated rings. The van der Waals surface area contributed by atoms with Crippen LogP contribution in [0.4, 0.5) is 0 Å². The van der Waals surface area contributed by atoms with Gasteiger partial charge < -0.3 is 14.5 Å². The van der Waals surface area contributed by atoms with E-state index in [1.165, 1.54) is 10.4 Å². The van der Waals surface area contributed by atoms with E-state index in [2.05, 4.69) is 19.2 Å². The SMILES string of the molecule is CC(C)CNCc1ccc(S(=O)(=O)N(C)C2CCOC2)o1. The van der Waals surface area contributed by atoms with Gasteiger partial charge in [0.2, 0.25) is 5.09 Å². The summed E-state index contributed by atoms with van der Waals surface area (Å²) in [5, 5.41) is 3.23. The third kappa shape index (κ3) is 4.06. The molecule has 0 spiro atoms. The van der Waals surface area contributed by atoms with Crippen LogP contribution in [0.1, 0.15) is 26.0 Å². The van der Waals surface area contributed by atoms with Gasteiger partial charge in [-0.15, -0.1) is 0 Å². The van der Waals surface area contributed by atoms with E-state index in [4.69, 9.17) is 9.15 Å². The fourth-order valence-corrected chi connectivity index (χ4v) is 3.52. The monoisotopic (exact) mass is 316 g/mol. The summed E-state index contributed by atoms with van der Waals surface area (Å²) < 4.78 is 37.0. The lowest BCUT2D eigenvalue weighted by atomic mass is 10.2. The van der Waals surface area contributed by atoms with E-state index in [9.17, 15) is 8.42 Å². The first-order chi connectivity index (χ1) is 9.91. The van der Waals surface area contributed by atoms with Crippen molar-refractivity contribution in [2.24, 2.45) is 5.92 Å². The second-order valence-corrected chi connectivity index (χ2v) is 7.71. The minimum atomic E-state index is -3.58. The molecule has 1 unspecified atom stereocenters. The third-order valence-electron chi connectivity index (χ3n) is 3.54. The Morgan fingerprint density at radius 2 is 2.19 bits per heavy atom. The maximum absolute atomic E-state index is 12.5. The lowest BCUT2D eigenvalue weighted by Gasteiger charge is -2.20. The number of nitrogens with zero attached hydrogens (tertiary/aromatic N) is 1. The molecule has 0 radical (unpaired) electrons. The van der Waals surface area contributed by atoms with Crippen molar-refractivity contribution in [1.82, 2.24) is 9.62 Å². The smallest absolute Gasteiger partial charge is 0.276 e. The summed E-state index contributed by atoms with van der Waals surface area (Å²) in [6, 6.07) is 3.12. The summed E-state index contributed by atoms with van der Waals surface area (Å²) in [5.41, 5.74) is 0. The topological polar surface area (TPSA) is 71.8 Å². The van der Waals surface area contributed by atoms with Gasteiger partial charge >= 0.3 is 0 Å². The van der Waals surface area contributed by atoms with Gasteiger partial charge in [0.05, 0.1) is 19.2 Å². The molecule has 0 bridgehead atoms. The van der Waals surface area contributed by atoms with Gasteiger partial charge in [-0.1, -0.05) is 13.8 Å². The first-order valence-electron chi connectivity index (χ1n) is 7.26. The van der Waals surface area contributed by atoms with Gasteiger partial charge in [0, 0.05) is 13.7 Å². The second-order valence-electron chi connectivity index (χ2n) is 5.78. The molecular formula is C14H24N2O4S. The number of ether oxygens (including phenoxy) is 1. The van der Waals surface area contributed by atoms with Crippen LogP contribution in [-0.4, -0.2) is 45.6 Å². The Kier molecular flexibility index (Phi) is 5.43. The Balaban J connectivity index is 2.01. The summed E-state index contributed by atoms with van der Waals surface area (Å²) in [7, 11) is -2.01. The predicted octanol–water partition coefficient (Wildman–Crippen LogP) is 1.43.